The first-order valence-electron chi connectivity index (χ1n) is 6.70. The quantitative estimate of drug-likeness (QED) is 0.493. The van der Waals surface area contributed by atoms with Crippen LogP contribution in [0.25, 0.3) is 0 Å². The second-order valence-corrected chi connectivity index (χ2v) is 5.29. The molecule has 2 aliphatic heterocycles. The number of hydrogen-bond acceptors (Lipinski definition) is 5. The Morgan fingerprint density at radius 2 is 2.21 bits per heavy atom. The maximum atomic E-state index is 11.1. The predicted octanol–water partition coefficient (Wildman–Crippen LogP) is 1.83. The largest absolute Gasteiger partial charge is 0.393 e. The highest BCUT2D eigenvalue weighted by Gasteiger charge is 2.37. The second-order valence-electron chi connectivity index (χ2n) is 5.29. The van der Waals surface area contributed by atoms with Gasteiger partial charge in [0.1, 0.15) is 11.4 Å². The number of rotatable bonds is 3. The van der Waals surface area contributed by atoms with E-state index >= 15 is 0 Å². The van der Waals surface area contributed by atoms with Crippen LogP contribution in [0.1, 0.15) is 19.3 Å². The zero-order valence-corrected chi connectivity index (χ0v) is 10.7. The first-order valence-corrected chi connectivity index (χ1v) is 6.70. The van der Waals surface area contributed by atoms with Crippen molar-refractivity contribution in [3.63, 3.8) is 0 Å². The predicted molar refractivity (Wildman–Crippen MR) is 74.1 cm³/mol. The third kappa shape index (κ3) is 2.12. The van der Waals surface area contributed by atoms with Gasteiger partial charge in [-0.3, -0.25) is 15.0 Å². The van der Waals surface area contributed by atoms with Crippen LogP contribution < -0.4 is 11.1 Å². The van der Waals surface area contributed by atoms with Crippen LogP contribution in [-0.4, -0.2) is 35.0 Å². The van der Waals surface area contributed by atoms with Gasteiger partial charge >= 0.3 is 5.69 Å². The number of nitrogens with one attached hydrogen (secondary N) is 1. The Balaban J connectivity index is 1.84. The summed E-state index contributed by atoms with van der Waals surface area (Å²) in [5.41, 5.74) is 6.47. The molecule has 0 bridgehead atoms. The molecular weight excluding hydrogens is 244 g/mol. The van der Waals surface area contributed by atoms with E-state index in [0.717, 1.165) is 19.5 Å². The number of nitrogens with zero attached hydrogens (tertiary/aromatic N) is 2. The average molecular weight is 262 g/mol. The fraction of sp³-hybridized carbons (Fsp3) is 0.538. The van der Waals surface area contributed by atoms with Crippen molar-refractivity contribution < 1.29 is 4.92 Å². The van der Waals surface area contributed by atoms with Gasteiger partial charge in [-0.15, -0.1) is 0 Å². The number of anilines is 2. The Labute approximate surface area is 111 Å². The van der Waals surface area contributed by atoms with Gasteiger partial charge in [0, 0.05) is 18.6 Å². The van der Waals surface area contributed by atoms with Crippen molar-refractivity contribution in [2.75, 3.05) is 24.1 Å². The summed E-state index contributed by atoms with van der Waals surface area (Å²) < 4.78 is 0. The number of benzene rings is 1. The lowest BCUT2D eigenvalue weighted by Gasteiger charge is -2.22. The molecule has 0 saturated carbocycles. The van der Waals surface area contributed by atoms with E-state index in [-0.39, 0.29) is 11.4 Å². The smallest absolute Gasteiger partial charge is 0.314 e. The molecule has 1 aromatic carbocycles. The molecule has 1 aromatic rings. The van der Waals surface area contributed by atoms with Crippen LogP contribution in [0.3, 0.4) is 0 Å². The zero-order chi connectivity index (χ0) is 13.4. The van der Waals surface area contributed by atoms with E-state index in [1.54, 1.807) is 18.2 Å². The number of nitrogens with two attached hydrogens (primary N) is 1. The normalized spacial score (nSPS) is 26.3. The van der Waals surface area contributed by atoms with E-state index in [0.29, 0.717) is 17.8 Å². The van der Waals surface area contributed by atoms with Gasteiger partial charge in [-0.25, -0.2) is 0 Å². The van der Waals surface area contributed by atoms with E-state index in [4.69, 9.17) is 5.73 Å². The fourth-order valence-corrected chi connectivity index (χ4v) is 3.33. The molecule has 0 spiro atoms. The summed E-state index contributed by atoms with van der Waals surface area (Å²) in [5.74, 6) is 0. The lowest BCUT2D eigenvalue weighted by Crippen LogP contribution is -2.33. The average Bonchev–Trinajstić information content (AvgIpc) is 2.93. The molecule has 102 valence electrons. The molecule has 2 unspecified atom stereocenters. The van der Waals surface area contributed by atoms with Crippen LogP contribution in [0.4, 0.5) is 17.1 Å². The maximum absolute atomic E-state index is 11.1. The number of nitro benzene ring substituents is 1. The Kier molecular flexibility index (Phi) is 3.02. The van der Waals surface area contributed by atoms with Crippen LogP contribution in [-0.2, 0) is 0 Å². The number of fused-ring (bicyclic) bond motifs is 1. The van der Waals surface area contributed by atoms with Crippen molar-refractivity contribution >= 4 is 17.1 Å². The Morgan fingerprint density at radius 3 is 3.00 bits per heavy atom. The molecule has 19 heavy (non-hydrogen) atoms. The van der Waals surface area contributed by atoms with E-state index < -0.39 is 4.92 Å². The molecular formula is C13H18N4O2. The molecule has 2 saturated heterocycles. The molecule has 0 radical (unpaired) electrons. The molecule has 0 aliphatic carbocycles. The summed E-state index contributed by atoms with van der Waals surface area (Å²) >= 11 is 0. The third-order valence-corrected chi connectivity index (χ3v) is 4.20. The van der Waals surface area contributed by atoms with Crippen LogP contribution in [0.15, 0.2) is 18.2 Å². The second kappa shape index (κ2) is 4.70. The number of para-hydroxylation sites is 1. The topological polar surface area (TPSA) is 84.4 Å². The van der Waals surface area contributed by atoms with Crippen LogP contribution in [0.5, 0.6) is 0 Å². The lowest BCUT2D eigenvalue weighted by atomic mass is 10.1. The maximum Gasteiger partial charge on any atom is 0.314 e. The van der Waals surface area contributed by atoms with Gasteiger partial charge in [0.2, 0.25) is 0 Å². The molecule has 0 aromatic heterocycles. The molecule has 2 fully saturated rings. The molecule has 0 amide bonds. The van der Waals surface area contributed by atoms with Gasteiger partial charge in [-0.2, -0.15) is 0 Å². The Bertz CT molecular complexity index is 505. The molecule has 3 rings (SSSR count). The van der Waals surface area contributed by atoms with Crippen LogP contribution in [0.2, 0.25) is 0 Å². The lowest BCUT2D eigenvalue weighted by molar-refractivity contribution is -0.383. The van der Waals surface area contributed by atoms with Gasteiger partial charge in [0.25, 0.3) is 0 Å². The van der Waals surface area contributed by atoms with Gasteiger partial charge in [-0.1, -0.05) is 6.07 Å². The first-order chi connectivity index (χ1) is 9.16. The van der Waals surface area contributed by atoms with Gasteiger partial charge in [0.05, 0.1) is 4.92 Å². The van der Waals surface area contributed by atoms with Crippen molar-refractivity contribution in [1.29, 1.82) is 0 Å². The molecule has 2 heterocycles. The number of nitro groups is 1. The first kappa shape index (κ1) is 12.2. The van der Waals surface area contributed by atoms with Crippen molar-refractivity contribution in [3.05, 3.63) is 28.3 Å². The summed E-state index contributed by atoms with van der Waals surface area (Å²) in [6.45, 7) is 2.24. The summed E-state index contributed by atoms with van der Waals surface area (Å²) in [5, 5.41) is 14.5. The van der Waals surface area contributed by atoms with Gasteiger partial charge in [0.15, 0.2) is 0 Å². The highest BCUT2D eigenvalue weighted by molar-refractivity contribution is 5.74. The Hall–Kier alpha value is -1.82. The van der Waals surface area contributed by atoms with Crippen LogP contribution in [0, 0.1) is 10.1 Å². The minimum Gasteiger partial charge on any atom is -0.393 e. The summed E-state index contributed by atoms with van der Waals surface area (Å²) in [6, 6.07) is 5.88. The van der Waals surface area contributed by atoms with Gasteiger partial charge in [-0.05, 0) is 37.9 Å². The number of hydrogen-bond donors (Lipinski definition) is 2. The summed E-state index contributed by atoms with van der Waals surface area (Å²) in [6.07, 6.45) is 3.44. The minimum atomic E-state index is -0.404. The number of nitrogen functional groups attached to an aromatic ring is 1. The van der Waals surface area contributed by atoms with E-state index in [1.165, 1.54) is 12.8 Å². The highest BCUT2D eigenvalue weighted by atomic mass is 16.6. The van der Waals surface area contributed by atoms with Gasteiger partial charge < -0.3 is 11.1 Å². The highest BCUT2D eigenvalue weighted by Crippen LogP contribution is 2.35. The van der Waals surface area contributed by atoms with E-state index in [9.17, 15) is 10.1 Å². The van der Waals surface area contributed by atoms with Crippen molar-refractivity contribution in [3.8, 4) is 0 Å². The third-order valence-electron chi connectivity index (χ3n) is 4.20. The van der Waals surface area contributed by atoms with Crippen LogP contribution >= 0.6 is 0 Å². The molecule has 6 heteroatoms. The minimum absolute atomic E-state index is 0.000975. The monoisotopic (exact) mass is 262 g/mol. The van der Waals surface area contributed by atoms with Crippen molar-refractivity contribution in [2.24, 2.45) is 0 Å². The molecule has 3 N–H and O–H groups in total. The standard InChI is InChI=1S/C13H18N4O2/c14-9-3-1-4-11(13(9)17(18)19)15-10-6-8-16-7-2-5-12(10)16/h1,3-4,10,12,15H,2,5-8,14H2. The molecule has 2 atom stereocenters. The zero-order valence-electron chi connectivity index (χ0n) is 10.7. The molecule has 6 nitrogen and oxygen atoms in total. The molecule has 2 aliphatic rings. The van der Waals surface area contributed by atoms with Crippen molar-refractivity contribution in [1.82, 2.24) is 4.90 Å². The summed E-state index contributed by atoms with van der Waals surface area (Å²) in [7, 11) is 0. The summed E-state index contributed by atoms with van der Waals surface area (Å²) in [4.78, 5) is 13.2. The SMILES string of the molecule is Nc1cccc(NC2CCN3CCCC23)c1[N+](=O)[O-]. The Morgan fingerprint density at radius 1 is 1.37 bits per heavy atom. The van der Waals surface area contributed by atoms with E-state index in [1.807, 2.05) is 0 Å². The van der Waals surface area contributed by atoms with Crippen molar-refractivity contribution in [2.45, 2.75) is 31.3 Å². The van der Waals surface area contributed by atoms with E-state index in [2.05, 4.69) is 10.2 Å². The fourth-order valence-electron chi connectivity index (χ4n) is 3.33.